The lowest BCUT2D eigenvalue weighted by Gasteiger charge is -2.10. The maximum absolute atomic E-state index is 5.90. The van der Waals surface area contributed by atoms with Crippen molar-refractivity contribution in [2.75, 3.05) is 5.32 Å². The average molecular weight is 303 g/mol. The summed E-state index contributed by atoms with van der Waals surface area (Å²) in [5.41, 5.74) is 8.06. The van der Waals surface area contributed by atoms with E-state index in [1.54, 1.807) is 11.3 Å². The molecule has 5 heteroatoms. The van der Waals surface area contributed by atoms with E-state index in [2.05, 4.69) is 28.7 Å². The van der Waals surface area contributed by atoms with Gasteiger partial charge in [-0.15, -0.1) is 11.3 Å². The number of hydrogen-bond acceptors (Lipinski definition) is 3. The fourth-order valence-corrected chi connectivity index (χ4v) is 2.63. The minimum Gasteiger partial charge on any atom is -0.491 e. The van der Waals surface area contributed by atoms with E-state index >= 15 is 0 Å². The normalized spacial score (nSPS) is 11.7. The van der Waals surface area contributed by atoms with Crippen LogP contribution in [0, 0.1) is 6.92 Å². The van der Waals surface area contributed by atoms with Crippen molar-refractivity contribution in [2.24, 2.45) is 10.7 Å². The Balaban J connectivity index is 1.93. The average Bonchev–Trinajstić information content (AvgIpc) is 2.84. The SMILES string of the molecule is Cc1ccsc1CN=C(N)Nc1ccc(OC(C)C)cc1. The zero-order valence-electron chi connectivity index (χ0n) is 12.6. The Kier molecular flexibility index (Phi) is 5.22. The summed E-state index contributed by atoms with van der Waals surface area (Å²) < 4.78 is 5.60. The van der Waals surface area contributed by atoms with Gasteiger partial charge in [0.05, 0.1) is 12.6 Å². The summed E-state index contributed by atoms with van der Waals surface area (Å²) in [6, 6.07) is 9.78. The molecule has 0 fully saturated rings. The molecule has 0 radical (unpaired) electrons. The van der Waals surface area contributed by atoms with Crippen molar-refractivity contribution in [3.05, 3.63) is 46.2 Å². The van der Waals surface area contributed by atoms with E-state index < -0.39 is 0 Å². The topological polar surface area (TPSA) is 59.6 Å². The van der Waals surface area contributed by atoms with Gasteiger partial charge in [0.1, 0.15) is 5.75 Å². The molecule has 1 heterocycles. The van der Waals surface area contributed by atoms with Crippen LogP contribution in [0.3, 0.4) is 0 Å². The molecule has 0 aliphatic heterocycles. The van der Waals surface area contributed by atoms with E-state index in [4.69, 9.17) is 10.5 Å². The van der Waals surface area contributed by atoms with E-state index in [9.17, 15) is 0 Å². The highest BCUT2D eigenvalue weighted by Gasteiger charge is 2.01. The zero-order valence-corrected chi connectivity index (χ0v) is 13.4. The lowest BCUT2D eigenvalue weighted by atomic mass is 10.3. The second-order valence-electron chi connectivity index (χ2n) is 5.04. The lowest BCUT2D eigenvalue weighted by molar-refractivity contribution is 0.242. The molecular weight excluding hydrogens is 282 g/mol. The molecule has 112 valence electrons. The van der Waals surface area contributed by atoms with Crippen LogP contribution >= 0.6 is 11.3 Å². The van der Waals surface area contributed by atoms with Gasteiger partial charge >= 0.3 is 0 Å². The highest BCUT2D eigenvalue weighted by molar-refractivity contribution is 7.10. The van der Waals surface area contributed by atoms with Crippen LogP contribution in [0.15, 0.2) is 40.7 Å². The van der Waals surface area contributed by atoms with E-state index in [1.165, 1.54) is 10.4 Å². The summed E-state index contributed by atoms with van der Waals surface area (Å²) >= 11 is 1.70. The van der Waals surface area contributed by atoms with Gasteiger partial charge < -0.3 is 15.8 Å². The summed E-state index contributed by atoms with van der Waals surface area (Å²) in [4.78, 5) is 5.59. The number of hydrogen-bond donors (Lipinski definition) is 2. The number of anilines is 1. The molecule has 0 saturated carbocycles. The second-order valence-corrected chi connectivity index (χ2v) is 6.04. The fourth-order valence-electron chi connectivity index (χ4n) is 1.80. The first-order chi connectivity index (χ1) is 10.0. The molecule has 0 spiro atoms. The van der Waals surface area contributed by atoms with Crippen LogP contribution < -0.4 is 15.8 Å². The van der Waals surface area contributed by atoms with Gasteiger partial charge in [0.25, 0.3) is 0 Å². The molecule has 0 bridgehead atoms. The van der Waals surface area contributed by atoms with Crippen LogP contribution in [0.1, 0.15) is 24.3 Å². The third kappa shape index (κ3) is 4.79. The first-order valence-corrected chi connectivity index (χ1v) is 7.79. The van der Waals surface area contributed by atoms with Gasteiger partial charge in [-0.2, -0.15) is 0 Å². The number of guanidine groups is 1. The van der Waals surface area contributed by atoms with Crippen LogP contribution in [0.2, 0.25) is 0 Å². The Morgan fingerprint density at radius 2 is 2.00 bits per heavy atom. The largest absolute Gasteiger partial charge is 0.491 e. The number of aliphatic imine (C=N–C) groups is 1. The van der Waals surface area contributed by atoms with Gasteiger partial charge in [-0.25, -0.2) is 4.99 Å². The molecule has 2 rings (SSSR count). The molecule has 21 heavy (non-hydrogen) atoms. The van der Waals surface area contributed by atoms with Crippen LogP contribution in [-0.4, -0.2) is 12.1 Å². The van der Waals surface area contributed by atoms with Crippen molar-refractivity contribution in [1.82, 2.24) is 0 Å². The summed E-state index contributed by atoms with van der Waals surface area (Å²) in [6.45, 7) is 6.70. The monoisotopic (exact) mass is 303 g/mol. The maximum atomic E-state index is 5.90. The number of nitrogens with two attached hydrogens (primary N) is 1. The number of nitrogens with zero attached hydrogens (tertiary/aromatic N) is 1. The Morgan fingerprint density at radius 3 is 2.57 bits per heavy atom. The Bertz CT molecular complexity index is 602. The lowest BCUT2D eigenvalue weighted by Crippen LogP contribution is -2.22. The first-order valence-electron chi connectivity index (χ1n) is 6.91. The smallest absolute Gasteiger partial charge is 0.193 e. The van der Waals surface area contributed by atoms with E-state index in [1.807, 2.05) is 38.1 Å². The molecule has 2 aromatic rings. The molecule has 0 aliphatic carbocycles. The van der Waals surface area contributed by atoms with Crippen LogP contribution in [0.4, 0.5) is 5.69 Å². The van der Waals surface area contributed by atoms with Gasteiger partial charge in [-0.3, -0.25) is 0 Å². The van der Waals surface area contributed by atoms with E-state index in [0.29, 0.717) is 12.5 Å². The minimum atomic E-state index is 0.171. The number of aryl methyl sites for hydroxylation is 1. The molecule has 3 N–H and O–H groups in total. The molecule has 0 atom stereocenters. The van der Waals surface area contributed by atoms with Crippen LogP contribution in [0.5, 0.6) is 5.75 Å². The molecule has 1 aromatic carbocycles. The van der Waals surface area contributed by atoms with E-state index in [0.717, 1.165) is 11.4 Å². The number of ether oxygens (including phenoxy) is 1. The van der Waals surface area contributed by atoms with Gasteiger partial charge in [-0.05, 0) is 62.0 Å². The highest BCUT2D eigenvalue weighted by atomic mass is 32.1. The van der Waals surface area contributed by atoms with Crippen molar-refractivity contribution in [1.29, 1.82) is 0 Å². The number of nitrogens with one attached hydrogen (secondary N) is 1. The Labute approximate surface area is 129 Å². The minimum absolute atomic E-state index is 0.171. The quantitative estimate of drug-likeness (QED) is 0.653. The molecule has 0 unspecified atom stereocenters. The third-order valence-electron chi connectivity index (χ3n) is 2.86. The van der Waals surface area contributed by atoms with Gasteiger partial charge in [0.15, 0.2) is 5.96 Å². The molecule has 4 nitrogen and oxygen atoms in total. The summed E-state index contributed by atoms with van der Waals surface area (Å²) in [5.74, 6) is 1.26. The maximum Gasteiger partial charge on any atom is 0.193 e. The van der Waals surface area contributed by atoms with Gasteiger partial charge in [0, 0.05) is 10.6 Å². The zero-order chi connectivity index (χ0) is 15.2. The fraction of sp³-hybridized carbons (Fsp3) is 0.312. The number of benzene rings is 1. The van der Waals surface area contributed by atoms with Crippen molar-refractivity contribution in [2.45, 2.75) is 33.4 Å². The first kappa shape index (κ1) is 15.4. The Morgan fingerprint density at radius 1 is 1.29 bits per heavy atom. The van der Waals surface area contributed by atoms with Gasteiger partial charge in [-0.1, -0.05) is 0 Å². The number of thiophene rings is 1. The molecular formula is C16H21N3OS. The summed E-state index contributed by atoms with van der Waals surface area (Å²) in [6.07, 6.45) is 0.171. The molecule has 0 amide bonds. The third-order valence-corrected chi connectivity index (χ3v) is 3.87. The standard InChI is InChI=1S/C16H21N3OS/c1-11(2)20-14-6-4-13(5-7-14)19-16(17)18-10-15-12(3)8-9-21-15/h4-9,11H,10H2,1-3H3,(H3,17,18,19). The summed E-state index contributed by atoms with van der Waals surface area (Å²) in [5, 5.41) is 5.15. The van der Waals surface area contributed by atoms with Crippen molar-refractivity contribution >= 4 is 23.0 Å². The van der Waals surface area contributed by atoms with Gasteiger partial charge in [0.2, 0.25) is 0 Å². The van der Waals surface area contributed by atoms with Crippen molar-refractivity contribution in [3.8, 4) is 5.75 Å². The van der Waals surface area contributed by atoms with Crippen LogP contribution in [-0.2, 0) is 6.54 Å². The highest BCUT2D eigenvalue weighted by Crippen LogP contribution is 2.18. The molecule has 0 saturated heterocycles. The molecule has 1 aromatic heterocycles. The van der Waals surface area contributed by atoms with Crippen molar-refractivity contribution < 1.29 is 4.74 Å². The second kappa shape index (κ2) is 7.13. The molecule has 0 aliphatic rings. The van der Waals surface area contributed by atoms with Crippen molar-refractivity contribution in [3.63, 3.8) is 0 Å². The number of rotatable bonds is 5. The predicted molar refractivity (Wildman–Crippen MR) is 90.2 cm³/mol. The Hall–Kier alpha value is -2.01. The van der Waals surface area contributed by atoms with E-state index in [-0.39, 0.29) is 6.10 Å². The van der Waals surface area contributed by atoms with Crippen LogP contribution in [0.25, 0.3) is 0 Å². The predicted octanol–water partition coefficient (Wildman–Crippen LogP) is 3.77. The summed E-state index contributed by atoms with van der Waals surface area (Å²) in [7, 11) is 0.